The van der Waals surface area contributed by atoms with Crippen LogP contribution in [0.25, 0.3) is 5.57 Å². The first kappa shape index (κ1) is 21.6. The SMILES string of the molecule is Cc1ccc(C2=C(Nc3ccc(F)c(F)c3)C(=O)N(c3ccc4c(c3)OCCO4)C2=O)c(C)c1. The second-order valence-electron chi connectivity index (χ2n) is 8.10. The van der Waals surface area contributed by atoms with Crippen molar-refractivity contribution in [3.05, 3.63) is 88.6 Å². The number of imide groups is 1. The molecule has 0 atom stereocenters. The van der Waals surface area contributed by atoms with Crippen molar-refractivity contribution in [3.8, 4) is 11.5 Å². The lowest BCUT2D eigenvalue weighted by atomic mass is 9.97. The first-order valence-electron chi connectivity index (χ1n) is 10.7. The molecule has 2 amide bonds. The zero-order chi connectivity index (χ0) is 24.0. The fraction of sp³-hybridized carbons (Fsp3) is 0.154. The van der Waals surface area contributed by atoms with Gasteiger partial charge in [-0.05, 0) is 49.2 Å². The molecular weight excluding hydrogens is 442 g/mol. The van der Waals surface area contributed by atoms with E-state index >= 15 is 0 Å². The van der Waals surface area contributed by atoms with E-state index in [1.807, 2.05) is 26.0 Å². The van der Waals surface area contributed by atoms with Crippen LogP contribution < -0.4 is 19.7 Å². The van der Waals surface area contributed by atoms with Crippen LogP contribution in [0.15, 0.2) is 60.3 Å². The molecule has 0 aliphatic carbocycles. The average molecular weight is 462 g/mol. The molecule has 0 radical (unpaired) electrons. The van der Waals surface area contributed by atoms with E-state index in [1.165, 1.54) is 6.07 Å². The van der Waals surface area contributed by atoms with E-state index < -0.39 is 23.4 Å². The Morgan fingerprint density at radius 1 is 0.824 bits per heavy atom. The van der Waals surface area contributed by atoms with Crippen molar-refractivity contribution < 1.29 is 27.8 Å². The minimum absolute atomic E-state index is 0.0298. The molecule has 0 bridgehead atoms. The van der Waals surface area contributed by atoms with Gasteiger partial charge in [0.25, 0.3) is 11.8 Å². The Balaban J connectivity index is 1.62. The Morgan fingerprint density at radius 3 is 2.32 bits per heavy atom. The van der Waals surface area contributed by atoms with Crippen LogP contribution in [0.1, 0.15) is 16.7 Å². The number of carbonyl (C=O) groups excluding carboxylic acids is 2. The normalized spacial score (nSPS) is 15.2. The topological polar surface area (TPSA) is 67.9 Å². The number of benzene rings is 3. The van der Waals surface area contributed by atoms with E-state index in [0.29, 0.717) is 36.0 Å². The van der Waals surface area contributed by atoms with Crippen LogP contribution in [0.2, 0.25) is 0 Å². The molecule has 0 saturated carbocycles. The highest BCUT2D eigenvalue weighted by atomic mass is 19.2. The standard InChI is InChI=1S/C26H20F2N2O4/c1-14-3-6-18(15(2)11-14)23-24(29-16-4-7-19(27)20(28)12-16)26(32)30(25(23)31)17-5-8-21-22(13-17)34-10-9-33-21/h3-8,11-13,29H,9-10H2,1-2H3. The summed E-state index contributed by atoms with van der Waals surface area (Å²) in [6.45, 7) is 4.53. The molecule has 34 heavy (non-hydrogen) atoms. The van der Waals surface area contributed by atoms with Gasteiger partial charge in [-0.1, -0.05) is 23.8 Å². The predicted molar refractivity (Wildman–Crippen MR) is 123 cm³/mol. The molecule has 0 fully saturated rings. The molecule has 8 heteroatoms. The van der Waals surface area contributed by atoms with Crippen LogP contribution in [-0.2, 0) is 9.59 Å². The molecule has 3 aromatic rings. The lowest BCUT2D eigenvalue weighted by Crippen LogP contribution is -2.32. The van der Waals surface area contributed by atoms with E-state index in [2.05, 4.69) is 5.32 Å². The van der Waals surface area contributed by atoms with E-state index in [-0.39, 0.29) is 17.0 Å². The van der Waals surface area contributed by atoms with Gasteiger partial charge in [0.15, 0.2) is 23.1 Å². The van der Waals surface area contributed by atoms with E-state index in [0.717, 1.165) is 28.2 Å². The third-order valence-corrected chi connectivity index (χ3v) is 5.71. The van der Waals surface area contributed by atoms with Crippen LogP contribution >= 0.6 is 0 Å². The number of amides is 2. The fourth-order valence-corrected chi connectivity index (χ4v) is 4.11. The second kappa shape index (κ2) is 8.30. The van der Waals surface area contributed by atoms with Crippen molar-refractivity contribution in [1.82, 2.24) is 0 Å². The van der Waals surface area contributed by atoms with Gasteiger partial charge in [0.1, 0.15) is 18.9 Å². The van der Waals surface area contributed by atoms with Crippen LogP contribution in [0, 0.1) is 25.5 Å². The molecule has 172 valence electrons. The number of hydrogen-bond donors (Lipinski definition) is 1. The number of nitrogens with zero attached hydrogens (tertiary/aromatic N) is 1. The Hall–Kier alpha value is -4.20. The summed E-state index contributed by atoms with van der Waals surface area (Å²) in [6.07, 6.45) is 0. The summed E-state index contributed by atoms with van der Waals surface area (Å²) in [5.74, 6) is -2.30. The monoisotopic (exact) mass is 462 g/mol. The summed E-state index contributed by atoms with van der Waals surface area (Å²) < 4.78 is 38.4. The van der Waals surface area contributed by atoms with Crippen LogP contribution in [-0.4, -0.2) is 25.0 Å². The lowest BCUT2D eigenvalue weighted by Gasteiger charge is -2.21. The van der Waals surface area contributed by atoms with E-state index in [4.69, 9.17) is 9.47 Å². The van der Waals surface area contributed by atoms with Crippen molar-refractivity contribution in [2.45, 2.75) is 13.8 Å². The molecule has 0 saturated heterocycles. The minimum Gasteiger partial charge on any atom is -0.486 e. The largest absolute Gasteiger partial charge is 0.486 e. The maximum Gasteiger partial charge on any atom is 0.282 e. The highest BCUT2D eigenvalue weighted by Crippen LogP contribution is 2.39. The Morgan fingerprint density at radius 2 is 1.59 bits per heavy atom. The lowest BCUT2D eigenvalue weighted by molar-refractivity contribution is -0.120. The first-order chi connectivity index (χ1) is 16.3. The van der Waals surface area contributed by atoms with Gasteiger partial charge in [-0.25, -0.2) is 13.7 Å². The molecule has 2 heterocycles. The number of rotatable bonds is 4. The summed E-state index contributed by atoms with van der Waals surface area (Å²) in [6, 6.07) is 13.5. The number of anilines is 2. The number of carbonyl (C=O) groups is 2. The number of ether oxygens (including phenoxy) is 2. The van der Waals surface area contributed by atoms with Crippen molar-refractivity contribution in [2.75, 3.05) is 23.4 Å². The van der Waals surface area contributed by atoms with Gasteiger partial charge in [-0.2, -0.15) is 0 Å². The molecule has 2 aliphatic heterocycles. The van der Waals surface area contributed by atoms with Crippen molar-refractivity contribution in [1.29, 1.82) is 0 Å². The molecule has 0 spiro atoms. The predicted octanol–water partition coefficient (Wildman–Crippen LogP) is 4.75. The number of aryl methyl sites for hydroxylation is 2. The molecule has 3 aromatic carbocycles. The maximum atomic E-state index is 13.8. The quantitative estimate of drug-likeness (QED) is 0.567. The van der Waals surface area contributed by atoms with Crippen molar-refractivity contribution in [3.63, 3.8) is 0 Å². The van der Waals surface area contributed by atoms with Crippen molar-refractivity contribution >= 4 is 28.8 Å². The molecule has 0 unspecified atom stereocenters. The van der Waals surface area contributed by atoms with Gasteiger partial charge in [-0.3, -0.25) is 9.59 Å². The third-order valence-electron chi connectivity index (χ3n) is 5.71. The summed E-state index contributed by atoms with van der Waals surface area (Å²) in [7, 11) is 0. The second-order valence-corrected chi connectivity index (χ2v) is 8.10. The van der Waals surface area contributed by atoms with Gasteiger partial charge in [-0.15, -0.1) is 0 Å². The Labute approximate surface area is 194 Å². The minimum atomic E-state index is -1.07. The van der Waals surface area contributed by atoms with Gasteiger partial charge in [0.2, 0.25) is 0 Å². The summed E-state index contributed by atoms with van der Waals surface area (Å²) in [4.78, 5) is 28.2. The smallest absolute Gasteiger partial charge is 0.282 e. The highest BCUT2D eigenvalue weighted by Gasteiger charge is 2.41. The van der Waals surface area contributed by atoms with Gasteiger partial charge in [0.05, 0.1) is 11.3 Å². The van der Waals surface area contributed by atoms with Crippen LogP contribution in [0.5, 0.6) is 11.5 Å². The zero-order valence-electron chi connectivity index (χ0n) is 18.4. The first-order valence-corrected chi connectivity index (χ1v) is 10.7. The summed E-state index contributed by atoms with van der Waals surface area (Å²) in [5.41, 5.74) is 2.92. The van der Waals surface area contributed by atoms with Gasteiger partial charge >= 0.3 is 0 Å². The Kier molecular flexibility index (Phi) is 5.28. The van der Waals surface area contributed by atoms with Gasteiger partial charge < -0.3 is 14.8 Å². The molecule has 6 nitrogen and oxygen atoms in total. The zero-order valence-corrected chi connectivity index (χ0v) is 18.4. The van der Waals surface area contributed by atoms with E-state index in [9.17, 15) is 18.4 Å². The summed E-state index contributed by atoms with van der Waals surface area (Å²) in [5, 5.41) is 2.85. The highest BCUT2D eigenvalue weighted by molar-refractivity contribution is 6.46. The summed E-state index contributed by atoms with van der Waals surface area (Å²) >= 11 is 0. The van der Waals surface area contributed by atoms with Crippen molar-refractivity contribution in [2.24, 2.45) is 0 Å². The molecular formula is C26H20F2N2O4. The molecule has 1 N–H and O–H groups in total. The number of nitrogens with one attached hydrogen (secondary N) is 1. The number of fused-ring (bicyclic) bond motifs is 1. The molecule has 5 rings (SSSR count). The third kappa shape index (κ3) is 3.67. The van der Waals surface area contributed by atoms with Gasteiger partial charge in [0, 0.05) is 17.8 Å². The van der Waals surface area contributed by atoms with E-state index in [1.54, 1.807) is 24.3 Å². The molecule has 2 aliphatic rings. The van der Waals surface area contributed by atoms with Crippen LogP contribution in [0.3, 0.4) is 0 Å². The molecule has 0 aromatic heterocycles. The number of halogens is 2. The number of hydrogen-bond acceptors (Lipinski definition) is 5. The fourth-order valence-electron chi connectivity index (χ4n) is 4.11. The Bertz CT molecular complexity index is 1380. The average Bonchev–Trinajstić information content (AvgIpc) is 3.05. The maximum absolute atomic E-state index is 13.8. The van der Waals surface area contributed by atoms with Crippen LogP contribution in [0.4, 0.5) is 20.2 Å².